The number of H-pyrrole nitrogens is 1. The minimum Gasteiger partial charge on any atom is -0.286 e. The maximum atomic E-state index is 11.3. The van der Waals surface area contributed by atoms with Crippen LogP contribution in [0.3, 0.4) is 0 Å². The summed E-state index contributed by atoms with van der Waals surface area (Å²) in [7, 11) is 0. The zero-order valence-corrected chi connectivity index (χ0v) is 7.70. The van der Waals surface area contributed by atoms with E-state index in [0.717, 1.165) is 10.9 Å². The van der Waals surface area contributed by atoms with Crippen LogP contribution < -0.4 is 5.56 Å². The molecule has 2 rings (SSSR count). The summed E-state index contributed by atoms with van der Waals surface area (Å²) >= 11 is 1.93. The predicted molar refractivity (Wildman–Crippen MR) is 52.0 cm³/mol. The lowest BCUT2D eigenvalue weighted by Crippen LogP contribution is -2.05. The highest BCUT2D eigenvalue weighted by molar-refractivity contribution is 14.1. The van der Waals surface area contributed by atoms with Crippen LogP contribution in [0.2, 0.25) is 0 Å². The molecule has 2 aromatic rings. The molecular weight excluding hydrogens is 255 g/mol. The van der Waals surface area contributed by atoms with Crippen LogP contribution in [0.1, 0.15) is 0 Å². The van der Waals surface area contributed by atoms with Gasteiger partial charge in [0, 0.05) is 0 Å². The first kappa shape index (κ1) is 6.90. The van der Waals surface area contributed by atoms with Crippen molar-refractivity contribution in [1.82, 2.24) is 7.99 Å². The molecule has 56 valence electrons. The molecule has 0 bridgehead atoms. The molecule has 0 saturated carbocycles. The number of aromatic amines is 1. The standard InChI is InChI=1S/C7H5IN2O/c8-10-7(11)5-3-1-2-4-6(5)9-10/h1-4,9H. The van der Waals surface area contributed by atoms with Gasteiger partial charge in [-0.05, 0) is 12.1 Å². The minimum atomic E-state index is 0.0150. The number of hydrogen-bond donors (Lipinski definition) is 1. The molecule has 11 heavy (non-hydrogen) atoms. The Morgan fingerprint density at radius 3 is 2.82 bits per heavy atom. The predicted octanol–water partition coefficient (Wildman–Crippen LogP) is 1.53. The summed E-state index contributed by atoms with van der Waals surface area (Å²) < 4.78 is 1.45. The normalized spacial score (nSPS) is 10.6. The molecule has 1 aromatic carbocycles. The van der Waals surface area contributed by atoms with Gasteiger partial charge >= 0.3 is 0 Å². The van der Waals surface area contributed by atoms with Gasteiger partial charge in [-0.1, -0.05) is 12.1 Å². The average molecular weight is 260 g/mol. The first-order chi connectivity index (χ1) is 5.29. The Morgan fingerprint density at radius 1 is 1.36 bits per heavy atom. The molecule has 0 saturated heterocycles. The number of fused-ring (bicyclic) bond motifs is 1. The molecule has 1 N–H and O–H groups in total. The Bertz CT molecular complexity index is 443. The van der Waals surface area contributed by atoms with Crippen molar-refractivity contribution in [3.05, 3.63) is 34.6 Å². The van der Waals surface area contributed by atoms with Crippen molar-refractivity contribution in [2.75, 3.05) is 0 Å². The Kier molecular flexibility index (Phi) is 1.49. The summed E-state index contributed by atoms with van der Waals surface area (Å²) in [5, 5.41) is 3.66. The number of benzene rings is 1. The lowest BCUT2D eigenvalue weighted by Gasteiger charge is -1.81. The maximum absolute atomic E-state index is 11.3. The number of nitrogens with one attached hydrogen (secondary N) is 1. The first-order valence-corrected chi connectivity index (χ1v) is 4.11. The summed E-state index contributed by atoms with van der Waals surface area (Å²) in [5.41, 5.74) is 0.896. The van der Waals surface area contributed by atoms with Crippen LogP contribution >= 0.6 is 22.9 Å². The molecule has 0 atom stereocenters. The molecule has 4 heteroatoms. The van der Waals surface area contributed by atoms with E-state index in [1.165, 1.54) is 2.90 Å². The van der Waals surface area contributed by atoms with Crippen molar-refractivity contribution in [2.45, 2.75) is 0 Å². The Hall–Kier alpha value is -0.780. The molecule has 1 heterocycles. The molecule has 0 unspecified atom stereocenters. The Morgan fingerprint density at radius 2 is 2.09 bits per heavy atom. The average Bonchev–Trinajstić information content (AvgIpc) is 2.30. The van der Waals surface area contributed by atoms with Crippen molar-refractivity contribution in [1.29, 1.82) is 0 Å². The number of para-hydroxylation sites is 1. The third-order valence-corrected chi connectivity index (χ3v) is 2.23. The van der Waals surface area contributed by atoms with E-state index in [1.54, 1.807) is 0 Å². The smallest absolute Gasteiger partial charge is 0.283 e. The number of rotatable bonds is 0. The second kappa shape index (κ2) is 2.37. The van der Waals surface area contributed by atoms with E-state index in [4.69, 9.17) is 0 Å². The fraction of sp³-hybridized carbons (Fsp3) is 0. The topological polar surface area (TPSA) is 37.8 Å². The summed E-state index contributed by atoms with van der Waals surface area (Å²) in [6.45, 7) is 0. The van der Waals surface area contributed by atoms with Crippen LogP contribution in [0.25, 0.3) is 10.9 Å². The summed E-state index contributed by atoms with van der Waals surface area (Å²) in [5.74, 6) is 0. The van der Waals surface area contributed by atoms with Crippen LogP contribution in [0.4, 0.5) is 0 Å². The van der Waals surface area contributed by atoms with Crippen LogP contribution in [0.15, 0.2) is 29.1 Å². The van der Waals surface area contributed by atoms with Gasteiger partial charge in [0.25, 0.3) is 5.56 Å². The highest BCUT2D eigenvalue weighted by atomic mass is 127. The van der Waals surface area contributed by atoms with Crippen LogP contribution in [0, 0.1) is 0 Å². The van der Waals surface area contributed by atoms with Crippen molar-refractivity contribution in [3.63, 3.8) is 0 Å². The van der Waals surface area contributed by atoms with Crippen molar-refractivity contribution >= 4 is 33.8 Å². The second-order valence-electron chi connectivity index (χ2n) is 2.24. The molecule has 0 aliphatic heterocycles. The quantitative estimate of drug-likeness (QED) is 0.716. The second-order valence-corrected chi connectivity index (χ2v) is 3.21. The van der Waals surface area contributed by atoms with E-state index in [9.17, 15) is 4.79 Å². The van der Waals surface area contributed by atoms with Gasteiger partial charge < -0.3 is 0 Å². The fourth-order valence-corrected chi connectivity index (χ4v) is 1.55. The Balaban J connectivity index is 3.04. The lowest BCUT2D eigenvalue weighted by atomic mass is 10.3. The number of aromatic nitrogens is 2. The zero-order valence-electron chi connectivity index (χ0n) is 5.54. The van der Waals surface area contributed by atoms with Gasteiger partial charge in [-0.2, -0.15) is 2.90 Å². The van der Waals surface area contributed by atoms with Gasteiger partial charge in [0.05, 0.1) is 33.8 Å². The van der Waals surface area contributed by atoms with Gasteiger partial charge in [0.1, 0.15) is 0 Å². The minimum absolute atomic E-state index is 0.0150. The number of hydrogen-bond acceptors (Lipinski definition) is 1. The highest BCUT2D eigenvalue weighted by Crippen LogP contribution is 2.06. The summed E-state index contributed by atoms with van der Waals surface area (Å²) in [6, 6.07) is 7.44. The molecule has 0 spiro atoms. The number of halogens is 1. The molecule has 0 amide bonds. The van der Waals surface area contributed by atoms with Gasteiger partial charge in [-0.25, -0.2) is 0 Å². The van der Waals surface area contributed by atoms with Gasteiger partial charge in [0.15, 0.2) is 0 Å². The van der Waals surface area contributed by atoms with Crippen LogP contribution in [-0.4, -0.2) is 7.99 Å². The summed E-state index contributed by atoms with van der Waals surface area (Å²) in [4.78, 5) is 11.3. The SMILES string of the molecule is O=c1c2ccccc2[nH]n1I. The lowest BCUT2D eigenvalue weighted by molar-refractivity contribution is 1.04. The molecule has 3 nitrogen and oxygen atoms in total. The van der Waals surface area contributed by atoms with Crippen LogP contribution in [-0.2, 0) is 0 Å². The van der Waals surface area contributed by atoms with Crippen molar-refractivity contribution < 1.29 is 0 Å². The highest BCUT2D eigenvalue weighted by Gasteiger charge is 2.00. The van der Waals surface area contributed by atoms with E-state index in [0.29, 0.717) is 0 Å². The van der Waals surface area contributed by atoms with E-state index in [1.807, 2.05) is 47.1 Å². The van der Waals surface area contributed by atoms with E-state index in [-0.39, 0.29) is 5.56 Å². The molecule has 0 aliphatic rings. The Labute approximate surface area is 76.5 Å². The molecule has 0 fully saturated rings. The maximum Gasteiger partial charge on any atom is 0.283 e. The van der Waals surface area contributed by atoms with E-state index in [2.05, 4.69) is 5.10 Å². The first-order valence-electron chi connectivity index (χ1n) is 3.15. The largest absolute Gasteiger partial charge is 0.286 e. The third-order valence-electron chi connectivity index (χ3n) is 1.55. The third kappa shape index (κ3) is 0.973. The monoisotopic (exact) mass is 260 g/mol. The van der Waals surface area contributed by atoms with E-state index >= 15 is 0 Å². The zero-order chi connectivity index (χ0) is 7.84. The van der Waals surface area contributed by atoms with Gasteiger partial charge in [-0.15, -0.1) is 0 Å². The molecular formula is C7H5IN2O. The van der Waals surface area contributed by atoms with Crippen molar-refractivity contribution in [2.24, 2.45) is 0 Å². The molecule has 0 aliphatic carbocycles. The summed E-state index contributed by atoms with van der Waals surface area (Å²) in [6.07, 6.45) is 0. The molecule has 0 radical (unpaired) electrons. The molecule has 1 aromatic heterocycles. The van der Waals surface area contributed by atoms with E-state index < -0.39 is 0 Å². The van der Waals surface area contributed by atoms with Crippen LogP contribution in [0.5, 0.6) is 0 Å². The fourth-order valence-electron chi connectivity index (χ4n) is 1.03. The van der Waals surface area contributed by atoms with Crippen molar-refractivity contribution in [3.8, 4) is 0 Å². The van der Waals surface area contributed by atoms with Gasteiger partial charge in [-0.3, -0.25) is 9.89 Å². The van der Waals surface area contributed by atoms with Gasteiger partial charge in [0.2, 0.25) is 0 Å². The number of nitrogens with zero attached hydrogens (tertiary/aromatic N) is 1.